The summed E-state index contributed by atoms with van der Waals surface area (Å²) in [6.07, 6.45) is 5.49. The fourth-order valence-electron chi connectivity index (χ4n) is 6.15. The van der Waals surface area contributed by atoms with E-state index >= 15 is 0 Å². The van der Waals surface area contributed by atoms with Crippen LogP contribution in [-0.4, -0.2) is 28.2 Å². The number of Topliss-reactive ketones (excluding diaryl/α,β-unsaturated/α-hetero) is 1. The van der Waals surface area contributed by atoms with Crippen LogP contribution in [0.3, 0.4) is 0 Å². The van der Waals surface area contributed by atoms with E-state index in [1.807, 2.05) is 6.92 Å². The van der Waals surface area contributed by atoms with Crippen molar-refractivity contribution in [1.29, 1.82) is 0 Å². The zero-order chi connectivity index (χ0) is 17.3. The van der Waals surface area contributed by atoms with Crippen LogP contribution in [0.2, 0.25) is 0 Å². The van der Waals surface area contributed by atoms with Gasteiger partial charge in [0.05, 0.1) is 11.7 Å². The lowest BCUT2D eigenvalue weighted by molar-refractivity contribution is -0.279. The van der Waals surface area contributed by atoms with E-state index in [1.165, 1.54) is 0 Å². The van der Waals surface area contributed by atoms with Gasteiger partial charge in [0.25, 0.3) is 0 Å². The lowest BCUT2D eigenvalue weighted by Crippen LogP contribution is -2.66. The van der Waals surface area contributed by atoms with Crippen LogP contribution in [0.25, 0.3) is 0 Å². The number of hydrogen-bond acceptors (Lipinski definition) is 3. The first-order valence-corrected chi connectivity index (χ1v) is 9.05. The molecule has 0 aromatic carbocycles. The van der Waals surface area contributed by atoms with Gasteiger partial charge in [-0.3, -0.25) is 4.79 Å². The van der Waals surface area contributed by atoms with Crippen LogP contribution in [0.15, 0.2) is 12.7 Å². The molecule has 2 saturated carbocycles. The van der Waals surface area contributed by atoms with E-state index in [1.54, 1.807) is 6.08 Å². The van der Waals surface area contributed by atoms with Crippen LogP contribution < -0.4 is 0 Å². The van der Waals surface area contributed by atoms with Crippen LogP contribution in [0.1, 0.15) is 66.7 Å². The molecule has 0 aromatic rings. The molecule has 1 aliphatic heterocycles. The summed E-state index contributed by atoms with van der Waals surface area (Å²) in [5.41, 5.74) is -1.13. The Hall–Kier alpha value is -0.670. The topological polar surface area (TPSA) is 46.5 Å². The molecule has 0 radical (unpaired) electrons. The molecule has 23 heavy (non-hydrogen) atoms. The van der Waals surface area contributed by atoms with Crippen molar-refractivity contribution in [3.63, 3.8) is 0 Å². The average molecular weight is 320 g/mol. The van der Waals surface area contributed by atoms with Gasteiger partial charge in [-0.05, 0) is 56.8 Å². The number of ether oxygens (including phenoxy) is 1. The van der Waals surface area contributed by atoms with Gasteiger partial charge in [-0.2, -0.15) is 0 Å². The van der Waals surface area contributed by atoms with Crippen molar-refractivity contribution in [2.45, 2.75) is 84.0 Å². The lowest BCUT2D eigenvalue weighted by Gasteiger charge is -2.65. The second-order valence-electron chi connectivity index (χ2n) is 9.35. The number of hydrogen-bond donors (Lipinski definition) is 1. The third kappa shape index (κ3) is 2.19. The molecule has 0 bridgehead atoms. The second kappa shape index (κ2) is 4.92. The Bertz CT molecular complexity index is 539. The van der Waals surface area contributed by atoms with E-state index in [9.17, 15) is 9.90 Å². The molecule has 0 aromatic heterocycles. The Morgan fingerprint density at radius 3 is 2.43 bits per heavy atom. The monoisotopic (exact) mass is 320 g/mol. The molecule has 3 rings (SSSR count). The molecule has 3 fully saturated rings. The van der Waals surface area contributed by atoms with Crippen LogP contribution in [0.5, 0.6) is 0 Å². The summed E-state index contributed by atoms with van der Waals surface area (Å²) in [5, 5.41) is 10.7. The third-order valence-corrected chi connectivity index (χ3v) is 7.72. The SMILES string of the molecule is C=C[C@]1(C)O[C@@]2(C)CCC3C(C)(C)C(=O)CC[C@@]3(C)C2C[C@H]1O. The van der Waals surface area contributed by atoms with Gasteiger partial charge < -0.3 is 9.84 Å². The predicted octanol–water partition coefficient (Wildman–Crippen LogP) is 3.89. The van der Waals surface area contributed by atoms with Crippen LogP contribution in [-0.2, 0) is 9.53 Å². The molecule has 0 spiro atoms. The van der Waals surface area contributed by atoms with Crippen molar-refractivity contribution in [3.8, 4) is 0 Å². The van der Waals surface area contributed by atoms with Gasteiger partial charge in [-0.25, -0.2) is 0 Å². The van der Waals surface area contributed by atoms with Gasteiger partial charge in [-0.1, -0.05) is 26.8 Å². The highest BCUT2D eigenvalue weighted by molar-refractivity contribution is 5.85. The summed E-state index contributed by atoms with van der Waals surface area (Å²) in [7, 11) is 0. The van der Waals surface area contributed by atoms with E-state index in [-0.39, 0.29) is 22.3 Å². The Labute approximate surface area is 140 Å². The van der Waals surface area contributed by atoms with Gasteiger partial charge >= 0.3 is 0 Å². The smallest absolute Gasteiger partial charge is 0.138 e. The molecule has 0 amide bonds. The minimum Gasteiger partial charge on any atom is -0.390 e. The van der Waals surface area contributed by atoms with Crippen molar-refractivity contribution in [2.24, 2.45) is 22.7 Å². The Morgan fingerprint density at radius 2 is 1.83 bits per heavy atom. The largest absolute Gasteiger partial charge is 0.390 e. The normalized spacial score (nSPS) is 52.4. The number of aliphatic hydroxyl groups is 1. The summed E-state index contributed by atoms with van der Waals surface area (Å²) in [6, 6.07) is 0. The van der Waals surface area contributed by atoms with E-state index in [2.05, 4.69) is 34.3 Å². The molecule has 1 saturated heterocycles. The molecule has 3 nitrogen and oxygen atoms in total. The number of carbonyl (C=O) groups is 1. The minimum atomic E-state index is -0.672. The molecule has 130 valence electrons. The molecule has 3 aliphatic rings. The predicted molar refractivity (Wildman–Crippen MR) is 91.1 cm³/mol. The molecule has 2 aliphatic carbocycles. The van der Waals surface area contributed by atoms with E-state index < -0.39 is 11.7 Å². The van der Waals surface area contributed by atoms with Crippen LogP contribution in [0, 0.1) is 22.7 Å². The van der Waals surface area contributed by atoms with Crippen LogP contribution >= 0.6 is 0 Å². The van der Waals surface area contributed by atoms with E-state index in [0.717, 1.165) is 25.7 Å². The van der Waals surface area contributed by atoms with Crippen molar-refractivity contribution in [3.05, 3.63) is 12.7 Å². The zero-order valence-corrected chi connectivity index (χ0v) is 15.3. The highest BCUT2D eigenvalue weighted by Crippen LogP contribution is 2.64. The minimum absolute atomic E-state index is 0.0495. The zero-order valence-electron chi connectivity index (χ0n) is 15.3. The fourth-order valence-corrected chi connectivity index (χ4v) is 6.15. The number of aliphatic hydroxyl groups excluding tert-OH is 1. The molecule has 1 N–H and O–H groups in total. The Balaban J connectivity index is 2.01. The summed E-state index contributed by atoms with van der Waals surface area (Å²) < 4.78 is 6.48. The lowest BCUT2D eigenvalue weighted by atomic mass is 9.44. The molecule has 2 unspecified atom stereocenters. The number of fused-ring (bicyclic) bond motifs is 3. The molecular weight excluding hydrogens is 288 g/mol. The maximum absolute atomic E-state index is 12.5. The summed E-state index contributed by atoms with van der Waals surface area (Å²) in [6.45, 7) is 14.6. The first kappa shape index (κ1) is 17.2. The third-order valence-electron chi connectivity index (χ3n) is 7.72. The van der Waals surface area contributed by atoms with Gasteiger partial charge in [-0.15, -0.1) is 6.58 Å². The van der Waals surface area contributed by atoms with E-state index in [0.29, 0.717) is 18.1 Å². The maximum Gasteiger partial charge on any atom is 0.138 e. The highest BCUT2D eigenvalue weighted by Gasteiger charge is 2.64. The maximum atomic E-state index is 12.5. The molecule has 6 atom stereocenters. The van der Waals surface area contributed by atoms with Gasteiger partial charge in [0.2, 0.25) is 0 Å². The van der Waals surface area contributed by atoms with Crippen molar-refractivity contribution in [2.75, 3.05) is 0 Å². The Kier molecular flexibility index (Phi) is 3.67. The van der Waals surface area contributed by atoms with Crippen LogP contribution in [0.4, 0.5) is 0 Å². The Morgan fingerprint density at radius 1 is 1.17 bits per heavy atom. The number of ketones is 1. The van der Waals surface area contributed by atoms with Crippen molar-refractivity contribution < 1.29 is 14.6 Å². The second-order valence-corrected chi connectivity index (χ2v) is 9.35. The molecule has 1 heterocycles. The standard InChI is InChI=1S/C20H32O3/c1-7-19(5)16(22)12-14-18(4)10-9-15(21)17(2,3)13(18)8-11-20(14,6)23-19/h7,13-14,16,22H,1,8-12H2,2-6H3/t13?,14?,16-,18-,19+,20+/m1/s1. The van der Waals surface area contributed by atoms with Crippen molar-refractivity contribution in [1.82, 2.24) is 0 Å². The van der Waals surface area contributed by atoms with E-state index in [4.69, 9.17) is 4.74 Å². The van der Waals surface area contributed by atoms with Gasteiger partial charge in [0, 0.05) is 11.8 Å². The average Bonchev–Trinajstić information content (AvgIpc) is 2.46. The number of rotatable bonds is 1. The summed E-state index contributed by atoms with van der Waals surface area (Å²) in [4.78, 5) is 12.5. The fraction of sp³-hybridized carbons (Fsp3) is 0.850. The highest BCUT2D eigenvalue weighted by atomic mass is 16.5. The molecule has 3 heteroatoms. The van der Waals surface area contributed by atoms with Gasteiger partial charge in [0.1, 0.15) is 11.4 Å². The summed E-state index contributed by atoms with van der Waals surface area (Å²) in [5.74, 6) is 1.05. The first-order chi connectivity index (χ1) is 10.5. The summed E-state index contributed by atoms with van der Waals surface area (Å²) >= 11 is 0. The quantitative estimate of drug-likeness (QED) is 0.746. The molecular formula is C20H32O3. The van der Waals surface area contributed by atoms with Gasteiger partial charge in [0.15, 0.2) is 0 Å². The van der Waals surface area contributed by atoms with Crippen molar-refractivity contribution >= 4 is 5.78 Å². The first-order valence-electron chi connectivity index (χ1n) is 9.05. The number of carbonyl (C=O) groups excluding carboxylic acids is 1.